The Morgan fingerprint density at radius 1 is 0.795 bits per heavy atom. The van der Waals surface area contributed by atoms with E-state index in [0.29, 0.717) is 12.8 Å². The first-order valence-electron chi connectivity index (χ1n) is 14.5. The first-order chi connectivity index (χ1) is 20.5. The molecule has 2 unspecified atom stereocenters. The van der Waals surface area contributed by atoms with Crippen LogP contribution in [0.15, 0.2) is 66.1 Å². The highest BCUT2D eigenvalue weighted by Crippen LogP contribution is 2.46. The van der Waals surface area contributed by atoms with Gasteiger partial charge in [-0.15, -0.1) is 0 Å². The summed E-state index contributed by atoms with van der Waals surface area (Å²) < 4.78 is 63.3. The van der Waals surface area contributed by atoms with Gasteiger partial charge in [-0.25, -0.2) is 18.1 Å². The molecule has 1 aliphatic rings. The van der Waals surface area contributed by atoms with Crippen LogP contribution in [0, 0.1) is 11.8 Å². The maximum atomic E-state index is 14.7. The van der Waals surface area contributed by atoms with Gasteiger partial charge in [0.05, 0.1) is 10.6 Å². The fourth-order valence-corrected chi connectivity index (χ4v) is 6.86. The maximum absolute atomic E-state index is 14.7. The summed E-state index contributed by atoms with van der Waals surface area (Å²) >= 11 is 0. The summed E-state index contributed by atoms with van der Waals surface area (Å²) in [6, 6.07) is 6.49. The van der Waals surface area contributed by atoms with Crippen LogP contribution in [-0.2, 0) is 27.5 Å². The van der Waals surface area contributed by atoms with E-state index in [0.717, 1.165) is 51.4 Å². The summed E-state index contributed by atoms with van der Waals surface area (Å²) in [6.07, 6.45) is 8.19. The Kier molecular flexibility index (Phi) is 9.25. The lowest BCUT2D eigenvalue weighted by Crippen LogP contribution is -2.55. The van der Waals surface area contributed by atoms with Crippen LogP contribution >= 0.6 is 0 Å². The lowest BCUT2D eigenvalue weighted by molar-refractivity contribution is -0.123. The zero-order valence-electron chi connectivity index (χ0n) is 25.5. The highest BCUT2D eigenvalue weighted by molar-refractivity contribution is 7.92. The van der Waals surface area contributed by atoms with E-state index in [1.165, 1.54) is 0 Å². The van der Waals surface area contributed by atoms with Crippen LogP contribution in [0.3, 0.4) is 0 Å². The van der Waals surface area contributed by atoms with Crippen molar-refractivity contribution in [3.05, 3.63) is 83.4 Å². The molecule has 44 heavy (non-hydrogen) atoms. The topological polar surface area (TPSA) is 109 Å². The highest BCUT2D eigenvalue weighted by atomic mass is 32.2. The first kappa shape index (κ1) is 33.1. The molecule has 4 rings (SSSR count). The number of nitrogens with zero attached hydrogens (tertiary/aromatic N) is 3. The average Bonchev–Trinajstić information content (AvgIpc) is 3.22. The van der Waals surface area contributed by atoms with E-state index < -0.39 is 49.6 Å². The Hall–Kier alpha value is -3.80. The number of nitrogens with one attached hydrogen (secondary N) is 1. The van der Waals surface area contributed by atoms with Crippen molar-refractivity contribution in [3.8, 4) is 0 Å². The van der Waals surface area contributed by atoms with Gasteiger partial charge in [0.2, 0.25) is 0 Å². The molecule has 1 aromatic carbocycles. The van der Waals surface area contributed by atoms with Crippen LogP contribution in [-0.4, -0.2) is 41.4 Å². The third kappa shape index (κ3) is 5.96. The molecule has 8 nitrogen and oxygen atoms in total. The predicted octanol–water partition coefficient (Wildman–Crippen LogP) is 6.57. The fourth-order valence-electron chi connectivity index (χ4n) is 6.10. The second-order valence-corrected chi connectivity index (χ2v) is 14.1. The molecule has 1 saturated heterocycles. The molecule has 1 fully saturated rings. The summed E-state index contributed by atoms with van der Waals surface area (Å²) in [5.74, 6) is -1.17. The van der Waals surface area contributed by atoms with Gasteiger partial charge < -0.3 is 5.32 Å². The largest absolute Gasteiger partial charge is 0.501 e. The monoisotopic (exact) mass is 630 g/mol. The van der Waals surface area contributed by atoms with Crippen molar-refractivity contribution in [2.75, 3.05) is 4.90 Å². The molecule has 3 amide bonds. The number of hydrogen-bond acceptors (Lipinski definition) is 6. The SMILES string of the molecule is CC(C)Cc1cnccc1C(C)C1(C(C)c2ccncc2CC(C)C)NC(=O)N(c2ccc(S(=O)(=O)C(F)(F)F)cc2)C1=O. The molecule has 3 aromatic rings. The van der Waals surface area contributed by atoms with Gasteiger partial charge >= 0.3 is 11.5 Å². The van der Waals surface area contributed by atoms with E-state index in [-0.39, 0.29) is 17.5 Å². The molecule has 0 aliphatic carbocycles. The third-order valence-electron chi connectivity index (χ3n) is 8.22. The molecule has 0 bridgehead atoms. The minimum atomic E-state index is -5.61. The van der Waals surface area contributed by atoms with Crippen LogP contribution in [0.5, 0.6) is 0 Å². The number of hydrogen-bond donors (Lipinski definition) is 1. The Labute approximate surface area is 256 Å². The van der Waals surface area contributed by atoms with Gasteiger partial charge in [0, 0.05) is 36.6 Å². The number of pyridine rings is 2. The molecule has 2 atom stereocenters. The molecule has 0 spiro atoms. The number of rotatable bonds is 10. The molecule has 1 aliphatic heterocycles. The average molecular weight is 631 g/mol. The van der Waals surface area contributed by atoms with Crippen LogP contribution in [0.4, 0.5) is 23.7 Å². The van der Waals surface area contributed by atoms with Gasteiger partial charge in [0.15, 0.2) is 0 Å². The van der Waals surface area contributed by atoms with Crippen LogP contribution in [0.25, 0.3) is 0 Å². The van der Waals surface area contributed by atoms with Crippen LogP contribution < -0.4 is 10.2 Å². The number of carbonyl (C=O) groups excluding carboxylic acids is 2. The second-order valence-electron chi connectivity index (χ2n) is 12.2. The number of imide groups is 1. The molecule has 1 N–H and O–H groups in total. The minimum Gasteiger partial charge on any atom is -0.322 e. The molecule has 2 aromatic heterocycles. The molecule has 0 saturated carbocycles. The summed E-state index contributed by atoms with van der Waals surface area (Å²) in [4.78, 5) is 36.9. The number of alkyl halides is 3. The zero-order chi connectivity index (χ0) is 32.6. The number of halogens is 3. The summed E-state index contributed by atoms with van der Waals surface area (Å²) in [5.41, 5.74) is -3.53. The van der Waals surface area contributed by atoms with E-state index in [9.17, 15) is 31.2 Å². The molecule has 12 heteroatoms. The maximum Gasteiger partial charge on any atom is 0.501 e. The quantitative estimate of drug-likeness (QED) is 0.254. The Morgan fingerprint density at radius 3 is 1.66 bits per heavy atom. The van der Waals surface area contributed by atoms with E-state index in [1.807, 2.05) is 26.0 Å². The van der Waals surface area contributed by atoms with E-state index in [1.54, 1.807) is 24.8 Å². The van der Waals surface area contributed by atoms with Crippen molar-refractivity contribution >= 4 is 27.5 Å². The van der Waals surface area contributed by atoms with Crippen molar-refractivity contribution < 1.29 is 31.2 Å². The number of benzene rings is 1. The molecular formula is C32H37F3N4O4S. The number of sulfone groups is 1. The second kappa shape index (κ2) is 12.3. The van der Waals surface area contributed by atoms with Crippen molar-refractivity contribution in [1.29, 1.82) is 0 Å². The van der Waals surface area contributed by atoms with Gasteiger partial charge in [-0.1, -0.05) is 41.5 Å². The Balaban J connectivity index is 1.88. The van der Waals surface area contributed by atoms with Crippen molar-refractivity contribution in [2.24, 2.45) is 11.8 Å². The van der Waals surface area contributed by atoms with E-state index in [2.05, 4.69) is 43.0 Å². The fraction of sp³-hybridized carbons (Fsp3) is 0.438. The lowest BCUT2D eigenvalue weighted by Gasteiger charge is -2.40. The molecule has 3 heterocycles. The molecule has 0 radical (unpaired) electrons. The minimum absolute atomic E-state index is 0.0517. The molecular weight excluding hydrogens is 593 g/mol. The smallest absolute Gasteiger partial charge is 0.322 e. The number of carbonyl (C=O) groups is 2. The standard InChI is InChI=1S/C32H37F3N4O4S/c1-19(2)15-23-17-36-13-11-27(23)21(5)31(22(6)28-12-14-37-18-24(28)16-20(3)4)29(40)39(30(41)38-31)25-7-9-26(10-8-25)44(42,43)32(33,34)35/h7-14,17-22H,15-16H2,1-6H3,(H,38,41). The van der Waals surface area contributed by atoms with Gasteiger partial charge in [0.25, 0.3) is 15.7 Å². The third-order valence-corrected chi connectivity index (χ3v) is 9.72. The van der Waals surface area contributed by atoms with Crippen molar-refractivity contribution in [2.45, 2.75) is 82.2 Å². The molecule has 236 valence electrons. The van der Waals surface area contributed by atoms with Crippen molar-refractivity contribution in [3.63, 3.8) is 0 Å². The van der Waals surface area contributed by atoms with Gasteiger partial charge in [-0.2, -0.15) is 13.2 Å². The van der Waals surface area contributed by atoms with Crippen molar-refractivity contribution in [1.82, 2.24) is 15.3 Å². The lowest BCUT2D eigenvalue weighted by atomic mass is 9.68. The Bertz CT molecular complexity index is 1580. The summed E-state index contributed by atoms with van der Waals surface area (Å²) in [6.45, 7) is 12.0. The first-order valence-corrected chi connectivity index (χ1v) is 15.9. The number of aromatic nitrogens is 2. The highest BCUT2D eigenvalue weighted by Gasteiger charge is 2.59. The predicted molar refractivity (Wildman–Crippen MR) is 161 cm³/mol. The number of urea groups is 1. The van der Waals surface area contributed by atoms with Crippen LogP contribution in [0.1, 0.15) is 75.6 Å². The summed E-state index contributed by atoms with van der Waals surface area (Å²) in [7, 11) is -5.61. The zero-order valence-corrected chi connectivity index (χ0v) is 26.3. The number of amides is 3. The van der Waals surface area contributed by atoms with Gasteiger partial charge in [-0.05, 0) is 83.3 Å². The van der Waals surface area contributed by atoms with Gasteiger partial charge in [-0.3, -0.25) is 14.8 Å². The Morgan fingerprint density at radius 2 is 1.25 bits per heavy atom. The normalized spacial score (nSPS) is 19.0. The summed E-state index contributed by atoms with van der Waals surface area (Å²) in [5, 5.41) is 2.99. The van der Waals surface area contributed by atoms with Crippen LogP contribution in [0.2, 0.25) is 0 Å². The van der Waals surface area contributed by atoms with Gasteiger partial charge in [0.1, 0.15) is 5.54 Å². The van der Waals surface area contributed by atoms with E-state index >= 15 is 0 Å². The number of anilines is 1. The van der Waals surface area contributed by atoms with E-state index in [4.69, 9.17) is 0 Å².